The number of nitrogen functional groups attached to an aromatic ring is 1. The maximum Gasteiger partial charge on any atom is 0.261 e. The Hall–Kier alpha value is -1.85. The molecule has 0 saturated heterocycles. The van der Waals surface area contributed by atoms with Gasteiger partial charge < -0.3 is 5.73 Å². The minimum absolute atomic E-state index is 0.111. The van der Waals surface area contributed by atoms with E-state index in [1.807, 2.05) is 6.07 Å². The average Bonchev–Trinajstić information content (AvgIpc) is 2.46. The highest BCUT2D eigenvalue weighted by molar-refractivity contribution is 9.10. The quantitative estimate of drug-likeness (QED) is 0.709. The number of halogens is 2. The summed E-state index contributed by atoms with van der Waals surface area (Å²) in [5, 5.41) is 1.14. The van der Waals surface area contributed by atoms with Crippen LogP contribution in [0, 0.1) is 0 Å². The molecule has 0 atom stereocenters. The van der Waals surface area contributed by atoms with Crippen LogP contribution in [0.25, 0.3) is 10.9 Å². The zero-order valence-electron chi connectivity index (χ0n) is 10.9. The van der Waals surface area contributed by atoms with Crippen LogP contribution in [0.4, 0.5) is 5.69 Å². The van der Waals surface area contributed by atoms with Crippen molar-refractivity contribution in [3.05, 3.63) is 68.1 Å². The van der Waals surface area contributed by atoms with Crippen LogP contribution < -0.4 is 11.3 Å². The molecule has 0 aliphatic rings. The van der Waals surface area contributed by atoms with Gasteiger partial charge in [-0.25, -0.2) is 4.98 Å². The SMILES string of the molecule is Nc1ccc(Cl)c(Cn2cnc3ccc(Br)cc3c2=O)c1. The Bertz CT molecular complexity index is 892. The third-order valence-electron chi connectivity index (χ3n) is 3.20. The molecule has 2 N–H and O–H groups in total. The van der Waals surface area contributed by atoms with Crippen LogP contribution >= 0.6 is 27.5 Å². The van der Waals surface area contributed by atoms with Crippen LogP contribution in [0.5, 0.6) is 0 Å². The number of anilines is 1. The van der Waals surface area contributed by atoms with Crippen molar-refractivity contribution in [1.29, 1.82) is 0 Å². The molecular formula is C15H11BrClN3O. The summed E-state index contributed by atoms with van der Waals surface area (Å²) in [6.07, 6.45) is 1.53. The second-order valence-electron chi connectivity index (χ2n) is 4.69. The number of fused-ring (bicyclic) bond motifs is 1. The van der Waals surface area contributed by atoms with Crippen molar-refractivity contribution < 1.29 is 0 Å². The minimum atomic E-state index is -0.111. The summed E-state index contributed by atoms with van der Waals surface area (Å²) in [4.78, 5) is 16.8. The normalized spacial score (nSPS) is 11.0. The van der Waals surface area contributed by atoms with Crippen LogP contribution in [-0.2, 0) is 6.54 Å². The summed E-state index contributed by atoms with van der Waals surface area (Å²) in [5.74, 6) is 0. The largest absolute Gasteiger partial charge is 0.399 e. The summed E-state index contributed by atoms with van der Waals surface area (Å²) >= 11 is 9.51. The van der Waals surface area contributed by atoms with Crippen molar-refractivity contribution in [3.8, 4) is 0 Å². The molecule has 1 heterocycles. The highest BCUT2D eigenvalue weighted by Gasteiger charge is 2.07. The van der Waals surface area contributed by atoms with Gasteiger partial charge in [0.25, 0.3) is 5.56 Å². The van der Waals surface area contributed by atoms with Crippen molar-refractivity contribution >= 4 is 44.1 Å². The molecule has 4 nitrogen and oxygen atoms in total. The molecule has 2 aromatic carbocycles. The van der Waals surface area contributed by atoms with E-state index in [-0.39, 0.29) is 5.56 Å². The van der Waals surface area contributed by atoms with Crippen molar-refractivity contribution in [1.82, 2.24) is 9.55 Å². The summed E-state index contributed by atoms with van der Waals surface area (Å²) in [7, 11) is 0. The van der Waals surface area contributed by atoms with Gasteiger partial charge in [0, 0.05) is 15.2 Å². The maximum absolute atomic E-state index is 12.5. The Balaban J connectivity index is 2.11. The van der Waals surface area contributed by atoms with Gasteiger partial charge in [-0.3, -0.25) is 9.36 Å². The topological polar surface area (TPSA) is 60.9 Å². The van der Waals surface area contributed by atoms with Crippen molar-refractivity contribution in [2.75, 3.05) is 5.73 Å². The number of nitrogens with zero attached hydrogens (tertiary/aromatic N) is 2. The van der Waals surface area contributed by atoms with Crippen LogP contribution in [-0.4, -0.2) is 9.55 Å². The fourth-order valence-corrected chi connectivity index (χ4v) is 2.68. The van der Waals surface area contributed by atoms with Gasteiger partial charge >= 0.3 is 0 Å². The highest BCUT2D eigenvalue weighted by Crippen LogP contribution is 2.20. The van der Waals surface area contributed by atoms with Gasteiger partial charge in [-0.1, -0.05) is 27.5 Å². The number of nitrogens with two attached hydrogens (primary N) is 1. The number of benzene rings is 2. The Labute approximate surface area is 134 Å². The second kappa shape index (κ2) is 5.50. The van der Waals surface area contributed by atoms with Gasteiger partial charge in [-0.2, -0.15) is 0 Å². The van der Waals surface area contributed by atoms with Crippen LogP contribution in [0.2, 0.25) is 5.02 Å². The van der Waals surface area contributed by atoms with E-state index in [4.69, 9.17) is 17.3 Å². The van der Waals surface area contributed by atoms with E-state index >= 15 is 0 Å². The molecule has 1 aromatic heterocycles. The summed E-state index contributed by atoms with van der Waals surface area (Å²) in [6.45, 7) is 0.332. The van der Waals surface area contributed by atoms with Gasteiger partial charge in [0.15, 0.2) is 0 Å². The van der Waals surface area contributed by atoms with Crippen LogP contribution in [0.3, 0.4) is 0 Å². The maximum atomic E-state index is 12.5. The fourth-order valence-electron chi connectivity index (χ4n) is 2.14. The van der Waals surface area contributed by atoms with E-state index in [1.54, 1.807) is 30.3 Å². The molecule has 3 aromatic rings. The molecule has 21 heavy (non-hydrogen) atoms. The molecule has 0 saturated carbocycles. The first kappa shape index (κ1) is 14.1. The molecule has 0 aliphatic carbocycles. The van der Waals surface area contributed by atoms with Gasteiger partial charge in [-0.05, 0) is 42.0 Å². The van der Waals surface area contributed by atoms with Crippen LogP contribution in [0.15, 0.2) is 52.0 Å². The van der Waals surface area contributed by atoms with Gasteiger partial charge in [0.1, 0.15) is 0 Å². The molecule has 0 amide bonds. The lowest BCUT2D eigenvalue weighted by atomic mass is 10.2. The summed E-state index contributed by atoms with van der Waals surface area (Å²) < 4.78 is 2.36. The number of hydrogen-bond acceptors (Lipinski definition) is 3. The van der Waals surface area contributed by atoms with Gasteiger partial charge in [0.05, 0.1) is 23.8 Å². The van der Waals surface area contributed by atoms with Crippen molar-refractivity contribution in [2.45, 2.75) is 6.54 Å². The summed E-state index contributed by atoms with van der Waals surface area (Å²) in [5.41, 5.74) is 7.71. The third-order valence-corrected chi connectivity index (χ3v) is 4.06. The number of aromatic nitrogens is 2. The molecule has 106 valence electrons. The highest BCUT2D eigenvalue weighted by atomic mass is 79.9. The van der Waals surface area contributed by atoms with Crippen molar-refractivity contribution in [2.24, 2.45) is 0 Å². The zero-order valence-corrected chi connectivity index (χ0v) is 13.2. The van der Waals surface area contributed by atoms with E-state index in [0.717, 1.165) is 10.0 Å². The Morgan fingerprint density at radius 1 is 1.24 bits per heavy atom. The Morgan fingerprint density at radius 2 is 2.05 bits per heavy atom. The lowest BCUT2D eigenvalue weighted by Gasteiger charge is -2.09. The number of rotatable bonds is 2. The predicted molar refractivity (Wildman–Crippen MR) is 88.7 cm³/mol. The fraction of sp³-hybridized carbons (Fsp3) is 0.0667. The molecule has 3 rings (SSSR count). The predicted octanol–water partition coefficient (Wildman–Crippen LogP) is 3.44. The van der Waals surface area contributed by atoms with Crippen LogP contribution in [0.1, 0.15) is 5.56 Å². The molecule has 6 heteroatoms. The Kier molecular flexibility index (Phi) is 3.69. The Morgan fingerprint density at radius 3 is 2.86 bits per heavy atom. The van der Waals surface area contributed by atoms with Gasteiger partial charge in [0.2, 0.25) is 0 Å². The first-order chi connectivity index (χ1) is 10.0. The number of hydrogen-bond donors (Lipinski definition) is 1. The standard InChI is InChI=1S/C15H11BrClN3O/c16-10-1-4-14-12(6-10)15(21)20(8-19-14)7-9-5-11(18)2-3-13(9)17/h1-6,8H,7,18H2. The van der Waals surface area contributed by atoms with Gasteiger partial charge in [-0.15, -0.1) is 0 Å². The third kappa shape index (κ3) is 2.80. The van der Waals surface area contributed by atoms with E-state index < -0.39 is 0 Å². The van der Waals surface area contributed by atoms with E-state index in [9.17, 15) is 4.79 Å². The lowest BCUT2D eigenvalue weighted by molar-refractivity contribution is 0.749. The molecule has 0 radical (unpaired) electrons. The zero-order chi connectivity index (χ0) is 15.0. The lowest BCUT2D eigenvalue weighted by Crippen LogP contribution is -2.21. The summed E-state index contributed by atoms with van der Waals surface area (Å²) in [6, 6.07) is 10.6. The monoisotopic (exact) mass is 363 g/mol. The minimum Gasteiger partial charge on any atom is -0.399 e. The van der Waals surface area contributed by atoms with E-state index in [0.29, 0.717) is 28.2 Å². The first-order valence-corrected chi connectivity index (χ1v) is 7.40. The molecule has 0 bridgehead atoms. The second-order valence-corrected chi connectivity index (χ2v) is 6.01. The molecule has 0 aliphatic heterocycles. The molecule has 0 fully saturated rings. The average molecular weight is 365 g/mol. The molecular weight excluding hydrogens is 354 g/mol. The first-order valence-electron chi connectivity index (χ1n) is 6.23. The smallest absolute Gasteiger partial charge is 0.261 e. The molecule has 0 spiro atoms. The molecule has 0 unspecified atom stereocenters. The van der Waals surface area contributed by atoms with Crippen molar-refractivity contribution in [3.63, 3.8) is 0 Å². The van der Waals surface area contributed by atoms with E-state index in [1.165, 1.54) is 10.9 Å². The van der Waals surface area contributed by atoms with E-state index in [2.05, 4.69) is 20.9 Å².